The van der Waals surface area contributed by atoms with Gasteiger partial charge in [-0.15, -0.1) is 0 Å². The number of carboxylic acids is 1. The maximum absolute atomic E-state index is 11.7. The van der Waals surface area contributed by atoms with Crippen LogP contribution in [0.25, 0.3) is 0 Å². The molecule has 0 fully saturated rings. The molecule has 6 nitrogen and oxygen atoms in total. The second kappa shape index (κ2) is 4.82. The van der Waals surface area contributed by atoms with E-state index in [1.165, 1.54) is 27.2 Å². The number of nitrogens with one attached hydrogen (secondary N) is 1. The summed E-state index contributed by atoms with van der Waals surface area (Å²) < 4.78 is 4.86. The van der Waals surface area contributed by atoms with Crippen molar-refractivity contribution in [3.63, 3.8) is 0 Å². The SMILES string of the molecule is COc1ccc(NC(=O)C(C)(C)C(=O)O)cn1. The predicted molar refractivity (Wildman–Crippen MR) is 60.8 cm³/mol. The molecule has 1 amide bonds. The van der Waals surface area contributed by atoms with Crippen molar-refractivity contribution < 1.29 is 19.4 Å². The highest BCUT2D eigenvalue weighted by Crippen LogP contribution is 2.19. The van der Waals surface area contributed by atoms with Gasteiger partial charge in [0.25, 0.3) is 0 Å². The number of aliphatic carboxylic acids is 1. The molecular weight excluding hydrogens is 224 g/mol. The predicted octanol–water partition coefficient (Wildman–Crippen LogP) is 1.14. The van der Waals surface area contributed by atoms with Gasteiger partial charge in [0.05, 0.1) is 19.0 Å². The number of carboxylic acid groups (broad SMARTS) is 1. The maximum atomic E-state index is 11.7. The van der Waals surface area contributed by atoms with E-state index in [4.69, 9.17) is 9.84 Å². The zero-order chi connectivity index (χ0) is 13.1. The van der Waals surface area contributed by atoms with E-state index in [2.05, 4.69) is 10.3 Å². The van der Waals surface area contributed by atoms with Gasteiger partial charge in [-0.05, 0) is 19.9 Å². The average molecular weight is 238 g/mol. The van der Waals surface area contributed by atoms with E-state index in [0.29, 0.717) is 11.6 Å². The molecule has 1 rings (SSSR count). The minimum atomic E-state index is -1.49. The first-order chi connectivity index (χ1) is 7.87. The number of hydrogen-bond donors (Lipinski definition) is 2. The van der Waals surface area contributed by atoms with Crippen LogP contribution in [0.2, 0.25) is 0 Å². The number of amides is 1. The number of nitrogens with zero attached hydrogens (tertiary/aromatic N) is 1. The Bertz CT molecular complexity index is 426. The van der Waals surface area contributed by atoms with E-state index in [9.17, 15) is 9.59 Å². The van der Waals surface area contributed by atoms with Crippen molar-refractivity contribution in [3.8, 4) is 5.88 Å². The standard InChI is InChI=1S/C11H14N2O4/c1-11(2,10(15)16)9(14)13-7-4-5-8(17-3)12-6-7/h4-6H,1-3H3,(H,13,14)(H,15,16). The summed E-state index contributed by atoms with van der Waals surface area (Å²) in [5, 5.41) is 11.4. The molecule has 0 aromatic carbocycles. The molecule has 6 heteroatoms. The van der Waals surface area contributed by atoms with Gasteiger partial charge in [0.1, 0.15) is 5.41 Å². The third-order valence-corrected chi connectivity index (χ3v) is 2.31. The van der Waals surface area contributed by atoms with Crippen LogP contribution < -0.4 is 10.1 Å². The minimum absolute atomic E-state index is 0.417. The van der Waals surface area contributed by atoms with Crippen molar-refractivity contribution >= 4 is 17.6 Å². The lowest BCUT2D eigenvalue weighted by atomic mass is 9.92. The Labute approximate surface area is 98.6 Å². The molecule has 1 aromatic rings. The molecular formula is C11H14N2O4. The fourth-order valence-corrected chi connectivity index (χ4v) is 0.959. The van der Waals surface area contributed by atoms with Gasteiger partial charge in [0, 0.05) is 6.07 Å². The van der Waals surface area contributed by atoms with Gasteiger partial charge < -0.3 is 15.2 Å². The van der Waals surface area contributed by atoms with Gasteiger partial charge in [-0.25, -0.2) is 4.98 Å². The van der Waals surface area contributed by atoms with Crippen LogP contribution in [0.15, 0.2) is 18.3 Å². The Balaban J connectivity index is 2.77. The van der Waals surface area contributed by atoms with E-state index in [1.807, 2.05) is 0 Å². The lowest BCUT2D eigenvalue weighted by Crippen LogP contribution is -2.37. The smallest absolute Gasteiger partial charge is 0.318 e. The van der Waals surface area contributed by atoms with Crippen LogP contribution in [0, 0.1) is 5.41 Å². The number of carbonyl (C=O) groups excluding carboxylic acids is 1. The summed E-state index contributed by atoms with van der Waals surface area (Å²) in [6, 6.07) is 3.16. The first-order valence-corrected chi connectivity index (χ1v) is 4.93. The Morgan fingerprint density at radius 3 is 2.47 bits per heavy atom. The number of aromatic nitrogens is 1. The number of anilines is 1. The molecule has 0 aliphatic rings. The summed E-state index contributed by atoms with van der Waals surface area (Å²) in [5.41, 5.74) is -1.06. The van der Waals surface area contributed by atoms with E-state index in [1.54, 1.807) is 12.1 Å². The van der Waals surface area contributed by atoms with Crippen LogP contribution in [0.3, 0.4) is 0 Å². The van der Waals surface area contributed by atoms with Crippen LogP contribution in [0.4, 0.5) is 5.69 Å². The molecule has 0 bridgehead atoms. The third kappa shape index (κ3) is 2.93. The van der Waals surface area contributed by atoms with Crippen molar-refractivity contribution in [1.29, 1.82) is 0 Å². The lowest BCUT2D eigenvalue weighted by molar-refractivity contribution is -0.151. The third-order valence-electron chi connectivity index (χ3n) is 2.31. The normalized spacial score (nSPS) is 10.8. The fourth-order valence-electron chi connectivity index (χ4n) is 0.959. The van der Waals surface area contributed by atoms with Crippen LogP contribution in [0.5, 0.6) is 5.88 Å². The molecule has 0 spiro atoms. The molecule has 0 saturated heterocycles. The van der Waals surface area contributed by atoms with Gasteiger partial charge in [0.15, 0.2) is 0 Å². The molecule has 1 aromatic heterocycles. The van der Waals surface area contributed by atoms with Gasteiger partial charge in [-0.3, -0.25) is 9.59 Å². The zero-order valence-electron chi connectivity index (χ0n) is 9.85. The first-order valence-electron chi connectivity index (χ1n) is 4.93. The molecule has 0 aliphatic carbocycles. The monoisotopic (exact) mass is 238 g/mol. The highest BCUT2D eigenvalue weighted by atomic mass is 16.5. The van der Waals surface area contributed by atoms with Crippen molar-refractivity contribution in [2.45, 2.75) is 13.8 Å². The topological polar surface area (TPSA) is 88.5 Å². The fraction of sp³-hybridized carbons (Fsp3) is 0.364. The summed E-state index contributed by atoms with van der Waals surface area (Å²) in [6.07, 6.45) is 1.40. The van der Waals surface area contributed by atoms with Crippen LogP contribution in [-0.2, 0) is 9.59 Å². The molecule has 17 heavy (non-hydrogen) atoms. The summed E-state index contributed by atoms with van der Waals surface area (Å²) in [7, 11) is 1.48. The number of hydrogen-bond acceptors (Lipinski definition) is 4. The molecule has 0 unspecified atom stereocenters. The Kier molecular flexibility index (Phi) is 3.67. The van der Waals surface area contributed by atoms with Crippen LogP contribution in [-0.4, -0.2) is 29.1 Å². The zero-order valence-corrected chi connectivity index (χ0v) is 9.85. The summed E-state index contributed by atoms with van der Waals surface area (Å²) in [5.74, 6) is -1.37. The molecule has 1 heterocycles. The molecule has 0 saturated carbocycles. The van der Waals surface area contributed by atoms with Gasteiger partial charge in [0.2, 0.25) is 11.8 Å². The summed E-state index contributed by atoms with van der Waals surface area (Å²) in [4.78, 5) is 26.4. The quantitative estimate of drug-likeness (QED) is 0.768. The summed E-state index contributed by atoms with van der Waals surface area (Å²) >= 11 is 0. The number of pyridine rings is 1. The Morgan fingerprint density at radius 2 is 2.06 bits per heavy atom. The van der Waals surface area contributed by atoms with Crippen molar-refractivity contribution in [2.75, 3.05) is 12.4 Å². The molecule has 92 valence electrons. The Morgan fingerprint density at radius 1 is 1.41 bits per heavy atom. The van der Waals surface area contributed by atoms with Crippen LogP contribution in [0.1, 0.15) is 13.8 Å². The maximum Gasteiger partial charge on any atom is 0.318 e. The molecule has 2 N–H and O–H groups in total. The minimum Gasteiger partial charge on any atom is -0.481 e. The van der Waals surface area contributed by atoms with E-state index in [-0.39, 0.29) is 0 Å². The number of ether oxygens (including phenoxy) is 1. The van der Waals surface area contributed by atoms with Crippen molar-refractivity contribution in [2.24, 2.45) is 5.41 Å². The highest BCUT2D eigenvalue weighted by Gasteiger charge is 2.36. The highest BCUT2D eigenvalue weighted by molar-refractivity contribution is 6.07. The second-order valence-corrected chi connectivity index (χ2v) is 3.97. The second-order valence-electron chi connectivity index (χ2n) is 3.97. The molecule has 0 aliphatic heterocycles. The van der Waals surface area contributed by atoms with Gasteiger partial charge >= 0.3 is 5.97 Å². The van der Waals surface area contributed by atoms with Crippen molar-refractivity contribution in [3.05, 3.63) is 18.3 Å². The van der Waals surface area contributed by atoms with E-state index >= 15 is 0 Å². The number of methoxy groups -OCH3 is 1. The van der Waals surface area contributed by atoms with Crippen molar-refractivity contribution in [1.82, 2.24) is 4.98 Å². The summed E-state index contributed by atoms with van der Waals surface area (Å²) in [6.45, 7) is 2.67. The Hall–Kier alpha value is -2.11. The molecule has 0 radical (unpaired) electrons. The molecule has 0 atom stereocenters. The number of rotatable bonds is 4. The average Bonchev–Trinajstić information content (AvgIpc) is 2.29. The lowest BCUT2D eigenvalue weighted by Gasteiger charge is -2.18. The van der Waals surface area contributed by atoms with Gasteiger partial charge in [-0.2, -0.15) is 0 Å². The van der Waals surface area contributed by atoms with Gasteiger partial charge in [-0.1, -0.05) is 0 Å². The van der Waals surface area contributed by atoms with E-state index < -0.39 is 17.3 Å². The van der Waals surface area contributed by atoms with Crippen LogP contribution >= 0.6 is 0 Å². The number of carbonyl (C=O) groups is 2. The largest absolute Gasteiger partial charge is 0.481 e. The first kappa shape index (κ1) is 13.0. The van der Waals surface area contributed by atoms with E-state index in [0.717, 1.165) is 0 Å².